The van der Waals surface area contributed by atoms with Gasteiger partial charge < -0.3 is 26.2 Å². The van der Waals surface area contributed by atoms with E-state index >= 15 is 0 Å². The second kappa shape index (κ2) is 11.7. The van der Waals surface area contributed by atoms with Gasteiger partial charge in [0.05, 0.1) is 6.04 Å². The topological polar surface area (TPSA) is 137 Å². The molecule has 1 saturated carbocycles. The van der Waals surface area contributed by atoms with Gasteiger partial charge in [-0.15, -0.1) is 0 Å². The number of nitrogens with one attached hydrogen (secondary N) is 4. The summed E-state index contributed by atoms with van der Waals surface area (Å²) in [6.07, 6.45) is 7.51. The number of carbonyl (C=O) groups excluding carboxylic acids is 5. The van der Waals surface area contributed by atoms with Crippen molar-refractivity contribution in [3.8, 4) is 0 Å². The van der Waals surface area contributed by atoms with Gasteiger partial charge in [0, 0.05) is 19.6 Å². The van der Waals surface area contributed by atoms with Gasteiger partial charge in [-0.05, 0) is 50.9 Å². The molecule has 0 spiro atoms. The first kappa shape index (κ1) is 26.0. The van der Waals surface area contributed by atoms with Gasteiger partial charge in [-0.2, -0.15) is 0 Å². The third-order valence-electron chi connectivity index (χ3n) is 7.18. The molecule has 0 aromatic heterocycles. The van der Waals surface area contributed by atoms with Crippen LogP contribution in [0.4, 0.5) is 4.79 Å². The van der Waals surface area contributed by atoms with Crippen LogP contribution in [0.1, 0.15) is 78.1 Å². The Morgan fingerprint density at radius 3 is 2.29 bits per heavy atom. The van der Waals surface area contributed by atoms with Gasteiger partial charge >= 0.3 is 6.03 Å². The molecule has 1 aliphatic carbocycles. The number of ketones is 1. The molecule has 3 aliphatic rings. The van der Waals surface area contributed by atoms with Gasteiger partial charge in [0.25, 0.3) is 5.91 Å². The van der Waals surface area contributed by atoms with Crippen molar-refractivity contribution in [1.29, 1.82) is 0 Å². The van der Waals surface area contributed by atoms with Crippen molar-refractivity contribution >= 4 is 29.5 Å². The molecule has 2 saturated heterocycles. The van der Waals surface area contributed by atoms with Crippen LogP contribution in [-0.4, -0.2) is 71.7 Å². The monoisotopic (exact) mass is 477 g/mol. The third-order valence-corrected chi connectivity index (χ3v) is 7.18. The van der Waals surface area contributed by atoms with Crippen molar-refractivity contribution in [3.63, 3.8) is 0 Å². The molecule has 10 heteroatoms. The summed E-state index contributed by atoms with van der Waals surface area (Å²) < 4.78 is 0. The molecule has 34 heavy (non-hydrogen) atoms. The van der Waals surface area contributed by atoms with E-state index < -0.39 is 35.2 Å². The molecule has 0 radical (unpaired) electrons. The Hall–Kier alpha value is -2.65. The van der Waals surface area contributed by atoms with Crippen molar-refractivity contribution in [2.45, 2.75) is 95.7 Å². The summed E-state index contributed by atoms with van der Waals surface area (Å²) in [6.45, 7) is 5.40. The van der Waals surface area contributed by atoms with Gasteiger partial charge in [-0.25, -0.2) is 4.79 Å². The van der Waals surface area contributed by atoms with Gasteiger partial charge in [0.15, 0.2) is 0 Å². The van der Waals surface area contributed by atoms with Crippen LogP contribution < -0.4 is 21.3 Å². The van der Waals surface area contributed by atoms with Crippen molar-refractivity contribution in [1.82, 2.24) is 26.2 Å². The minimum absolute atomic E-state index is 0.251. The van der Waals surface area contributed by atoms with Crippen molar-refractivity contribution < 1.29 is 24.0 Å². The van der Waals surface area contributed by atoms with Crippen LogP contribution in [-0.2, 0) is 19.2 Å². The lowest BCUT2D eigenvalue weighted by Gasteiger charge is -2.39. The van der Waals surface area contributed by atoms with Crippen LogP contribution >= 0.6 is 0 Å². The highest BCUT2D eigenvalue weighted by Gasteiger charge is 2.44. The molecule has 3 fully saturated rings. The van der Waals surface area contributed by atoms with E-state index in [1.165, 1.54) is 0 Å². The lowest BCUT2D eigenvalue weighted by atomic mass is 9.80. The fourth-order valence-corrected chi connectivity index (χ4v) is 5.03. The molecule has 2 atom stereocenters. The predicted molar refractivity (Wildman–Crippen MR) is 126 cm³/mol. The highest BCUT2D eigenvalue weighted by molar-refractivity contribution is 6.39. The number of hydrogen-bond acceptors (Lipinski definition) is 5. The smallest absolute Gasteiger partial charge is 0.318 e. The number of amides is 5. The minimum Gasteiger partial charge on any atom is -0.354 e. The van der Waals surface area contributed by atoms with E-state index in [4.69, 9.17) is 0 Å². The van der Waals surface area contributed by atoms with Crippen LogP contribution in [0.25, 0.3) is 0 Å². The Morgan fingerprint density at radius 1 is 0.971 bits per heavy atom. The maximum absolute atomic E-state index is 13.5. The normalized spacial score (nSPS) is 23.4. The Labute approximate surface area is 201 Å². The van der Waals surface area contributed by atoms with E-state index in [1.54, 1.807) is 18.7 Å². The summed E-state index contributed by atoms with van der Waals surface area (Å²) in [6, 6.07) is -2.06. The number of likely N-dealkylation sites (tertiary alicyclic amines) is 1. The summed E-state index contributed by atoms with van der Waals surface area (Å²) in [4.78, 5) is 66.0. The van der Waals surface area contributed by atoms with E-state index in [-0.39, 0.29) is 17.9 Å². The molecule has 0 aromatic carbocycles. The Morgan fingerprint density at radius 2 is 1.65 bits per heavy atom. The molecule has 0 aromatic rings. The Kier molecular flexibility index (Phi) is 8.90. The molecule has 4 N–H and O–H groups in total. The lowest BCUT2D eigenvalue weighted by Crippen LogP contribution is -2.64. The second-order valence-corrected chi connectivity index (χ2v) is 10.1. The molecule has 5 amide bonds. The molecule has 2 heterocycles. The summed E-state index contributed by atoms with van der Waals surface area (Å²) in [7, 11) is 0. The summed E-state index contributed by atoms with van der Waals surface area (Å²) in [5.74, 6) is -2.72. The second-order valence-electron chi connectivity index (χ2n) is 10.1. The van der Waals surface area contributed by atoms with E-state index in [2.05, 4.69) is 21.3 Å². The zero-order chi connectivity index (χ0) is 24.7. The number of urea groups is 1. The zero-order valence-electron chi connectivity index (χ0n) is 20.4. The number of nitrogens with zero attached hydrogens (tertiary/aromatic N) is 1. The first-order valence-corrected chi connectivity index (χ1v) is 12.7. The summed E-state index contributed by atoms with van der Waals surface area (Å²) in [5, 5.41) is 11.0. The van der Waals surface area contributed by atoms with Crippen molar-refractivity contribution in [2.24, 2.45) is 5.92 Å². The number of Topliss-reactive ketones (excluding diaryl/α,β-unsaturated/α-hetero) is 1. The standard InChI is InChI=1S/C24H39N5O5/c1-16(2)18(19(30)21(32)26-17-10-4-7-13-25-20(17)31)27-22(33)24(11-5-3-6-12-24)28-23(34)29-14-8-9-15-29/h16-18H,3-15H2,1-2H3,(H,25,31)(H,26,32)(H,27,33)(H,28,34)/t17-,18-/m0/s1. The highest BCUT2D eigenvalue weighted by atomic mass is 16.2. The number of rotatable bonds is 7. The van der Waals surface area contributed by atoms with E-state index in [9.17, 15) is 24.0 Å². The Bertz CT molecular complexity index is 787. The average Bonchev–Trinajstić information content (AvgIpc) is 3.29. The number of hydrogen-bond donors (Lipinski definition) is 4. The van der Waals surface area contributed by atoms with Crippen LogP contribution in [0.15, 0.2) is 0 Å². The van der Waals surface area contributed by atoms with Gasteiger partial charge in [0.2, 0.25) is 17.6 Å². The quantitative estimate of drug-likeness (QED) is 0.405. The lowest BCUT2D eigenvalue weighted by molar-refractivity contribution is -0.143. The molecule has 3 rings (SSSR count). The maximum atomic E-state index is 13.5. The third kappa shape index (κ3) is 6.27. The van der Waals surface area contributed by atoms with Crippen molar-refractivity contribution in [3.05, 3.63) is 0 Å². The molecule has 10 nitrogen and oxygen atoms in total. The first-order chi connectivity index (χ1) is 16.2. The van der Waals surface area contributed by atoms with Gasteiger partial charge in [0.1, 0.15) is 11.6 Å². The SMILES string of the molecule is CC(C)[C@H](NC(=O)C1(NC(=O)N2CCCC2)CCCCC1)C(=O)C(=O)N[C@H]1CCCCNC1=O. The van der Waals surface area contributed by atoms with Crippen LogP contribution in [0.5, 0.6) is 0 Å². The van der Waals surface area contributed by atoms with E-state index in [0.29, 0.717) is 38.9 Å². The highest BCUT2D eigenvalue weighted by Crippen LogP contribution is 2.29. The fraction of sp³-hybridized carbons (Fsp3) is 0.792. The average molecular weight is 478 g/mol. The van der Waals surface area contributed by atoms with E-state index in [1.807, 2.05) is 0 Å². The Balaban J connectivity index is 1.69. The maximum Gasteiger partial charge on any atom is 0.318 e. The van der Waals surface area contributed by atoms with Crippen LogP contribution in [0.2, 0.25) is 0 Å². The molecule has 190 valence electrons. The molecule has 0 unspecified atom stereocenters. The van der Waals surface area contributed by atoms with E-state index in [0.717, 1.165) is 44.9 Å². The zero-order valence-corrected chi connectivity index (χ0v) is 20.4. The van der Waals surface area contributed by atoms with Crippen LogP contribution in [0, 0.1) is 5.92 Å². The predicted octanol–water partition coefficient (Wildman–Crippen LogP) is 0.990. The minimum atomic E-state index is -1.09. The fourth-order valence-electron chi connectivity index (χ4n) is 5.03. The summed E-state index contributed by atoms with van der Waals surface area (Å²) >= 11 is 0. The van der Waals surface area contributed by atoms with Crippen molar-refractivity contribution in [2.75, 3.05) is 19.6 Å². The first-order valence-electron chi connectivity index (χ1n) is 12.7. The molecule has 2 aliphatic heterocycles. The van der Waals surface area contributed by atoms with Gasteiger partial charge in [-0.3, -0.25) is 19.2 Å². The largest absolute Gasteiger partial charge is 0.354 e. The number of carbonyl (C=O) groups is 5. The van der Waals surface area contributed by atoms with Crippen LogP contribution in [0.3, 0.4) is 0 Å². The molecular formula is C24H39N5O5. The summed E-state index contributed by atoms with van der Waals surface area (Å²) in [5.41, 5.74) is -1.09. The molecular weight excluding hydrogens is 438 g/mol. The van der Waals surface area contributed by atoms with Gasteiger partial charge in [-0.1, -0.05) is 33.1 Å². The molecule has 0 bridgehead atoms.